The fourth-order valence-corrected chi connectivity index (χ4v) is 2.98. The zero-order valence-corrected chi connectivity index (χ0v) is 17.6. The van der Waals surface area contributed by atoms with Crippen molar-refractivity contribution in [3.05, 3.63) is 88.2 Å². The first-order valence-corrected chi connectivity index (χ1v) is 9.87. The predicted octanol–water partition coefficient (Wildman–Crippen LogP) is 2.98. The molecule has 3 rings (SSSR count). The number of amides is 2. The number of rotatable bonds is 9. The molecule has 3 aromatic rings. The minimum atomic E-state index is -0.653. The Morgan fingerprint density at radius 3 is 2.72 bits per heavy atom. The van der Waals surface area contributed by atoms with Gasteiger partial charge in [-0.3, -0.25) is 14.6 Å². The van der Waals surface area contributed by atoms with Crippen LogP contribution in [0, 0.1) is 11.3 Å². The van der Waals surface area contributed by atoms with Crippen LogP contribution < -0.4 is 20.5 Å². The molecule has 2 amide bonds. The van der Waals surface area contributed by atoms with Crippen molar-refractivity contribution in [2.24, 2.45) is 5.73 Å². The number of hydrogen-bond donors (Lipinski definition) is 2. The highest BCUT2D eigenvalue weighted by atomic mass is 35.5. The van der Waals surface area contributed by atoms with Crippen molar-refractivity contribution in [3.63, 3.8) is 0 Å². The Morgan fingerprint density at radius 2 is 2.00 bits per heavy atom. The van der Waals surface area contributed by atoms with Crippen molar-refractivity contribution in [1.29, 1.82) is 5.26 Å². The van der Waals surface area contributed by atoms with E-state index in [-0.39, 0.29) is 31.4 Å². The van der Waals surface area contributed by atoms with Crippen LogP contribution >= 0.6 is 11.6 Å². The molecule has 0 radical (unpaired) electrons. The number of ether oxygens (including phenoxy) is 2. The van der Waals surface area contributed by atoms with Crippen molar-refractivity contribution >= 4 is 23.4 Å². The van der Waals surface area contributed by atoms with Gasteiger partial charge in [0, 0.05) is 40.7 Å². The number of carbonyl (C=O) groups excluding carboxylic acids is 2. The molecule has 0 aliphatic heterocycles. The Kier molecular flexibility index (Phi) is 7.62. The van der Waals surface area contributed by atoms with E-state index in [1.54, 1.807) is 42.7 Å². The number of nitrogens with two attached hydrogens (primary N) is 1. The molecule has 1 heterocycles. The monoisotopic (exact) mass is 450 g/mol. The van der Waals surface area contributed by atoms with Crippen molar-refractivity contribution in [2.75, 3.05) is 6.61 Å². The quantitative estimate of drug-likeness (QED) is 0.515. The summed E-state index contributed by atoms with van der Waals surface area (Å²) in [4.78, 5) is 27.8. The van der Waals surface area contributed by atoms with E-state index in [9.17, 15) is 9.59 Å². The van der Waals surface area contributed by atoms with Crippen molar-refractivity contribution in [2.45, 2.75) is 13.2 Å². The molecule has 0 spiro atoms. The van der Waals surface area contributed by atoms with Gasteiger partial charge in [0.1, 0.15) is 18.1 Å². The summed E-state index contributed by atoms with van der Waals surface area (Å²) < 4.78 is 11.1. The van der Waals surface area contributed by atoms with Gasteiger partial charge in [-0.15, -0.1) is 0 Å². The number of carbonyl (C=O) groups is 2. The summed E-state index contributed by atoms with van der Waals surface area (Å²) in [6.07, 6.45) is 3.36. The molecular formula is C23H19ClN4O4. The SMILES string of the molecule is N#Cc1ccc(CNC(=O)c2cc(Cl)cc(OCc3cccnc3)c2)c(OCC(N)=O)c1. The molecule has 0 aliphatic rings. The number of nitrogens with one attached hydrogen (secondary N) is 1. The van der Waals surface area contributed by atoms with Crippen LogP contribution in [-0.4, -0.2) is 23.4 Å². The van der Waals surface area contributed by atoms with E-state index < -0.39 is 5.91 Å². The molecule has 32 heavy (non-hydrogen) atoms. The smallest absolute Gasteiger partial charge is 0.255 e. The van der Waals surface area contributed by atoms with Crippen LogP contribution in [0.15, 0.2) is 60.9 Å². The molecule has 1 aromatic heterocycles. The molecule has 0 fully saturated rings. The maximum absolute atomic E-state index is 12.7. The van der Waals surface area contributed by atoms with E-state index in [1.165, 1.54) is 12.1 Å². The van der Waals surface area contributed by atoms with Gasteiger partial charge in [0.15, 0.2) is 6.61 Å². The van der Waals surface area contributed by atoms with Gasteiger partial charge in [-0.1, -0.05) is 23.7 Å². The average Bonchev–Trinajstić information content (AvgIpc) is 2.80. The van der Waals surface area contributed by atoms with E-state index >= 15 is 0 Å². The van der Waals surface area contributed by atoms with E-state index in [2.05, 4.69) is 10.3 Å². The van der Waals surface area contributed by atoms with Crippen LogP contribution in [0.25, 0.3) is 0 Å². The third-order valence-corrected chi connectivity index (χ3v) is 4.49. The topological polar surface area (TPSA) is 127 Å². The number of primary amides is 1. The van der Waals surface area contributed by atoms with Gasteiger partial charge in [-0.05, 0) is 36.4 Å². The van der Waals surface area contributed by atoms with Gasteiger partial charge >= 0.3 is 0 Å². The molecule has 0 saturated heterocycles. The second-order valence-electron chi connectivity index (χ2n) is 6.70. The minimum absolute atomic E-state index is 0.0943. The number of pyridine rings is 1. The molecule has 9 heteroatoms. The fraction of sp³-hybridized carbons (Fsp3) is 0.130. The van der Waals surface area contributed by atoms with E-state index in [1.807, 2.05) is 12.1 Å². The van der Waals surface area contributed by atoms with E-state index in [0.717, 1.165) is 5.56 Å². The molecule has 8 nitrogen and oxygen atoms in total. The lowest BCUT2D eigenvalue weighted by molar-refractivity contribution is -0.119. The third-order valence-electron chi connectivity index (χ3n) is 4.27. The summed E-state index contributed by atoms with van der Waals surface area (Å²) in [5.41, 5.74) is 7.24. The van der Waals surface area contributed by atoms with Gasteiger partial charge in [-0.25, -0.2) is 0 Å². The molecule has 0 saturated carbocycles. The second kappa shape index (κ2) is 10.8. The first kappa shape index (κ1) is 22.6. The van der Waals surface area contributed by atoms with Crippen molar-refractivity contribution in [3.8, 4) is 17.6 Å². The highest BCUT2D eigenvalue weighted by Crippen LogP contribution is 2.23. The Bertz CT molecular complexity index is 1160. The average molecular weight is 451 g/mol. The number of halogens is 1. The molecule has 0 aliphatic carbocycles. The Balaban J connectivity index is 1.69. The number of aromatic nitrogens is 1. The van der Waals surface area contributed by atoms with Crippen molar-refractivity contribution < 1.29 is 19.1 Å². The summed E-state index contributed by atoms with van der Waals surface area (Å²) in [7, 11) is 0. The van der Waals surface area contributed by atoms with Crippen LogP contribution in [0.5, 0.6) is 11.5 Å². The molecule has 3 N–H and O–H groups in total. The number of nitrogens with zero attached hydrogens (tertiary/aromatic N) is 2. The van der Waals surface area contributed by atoms with Gasteiger partial charge in [-0.2, -0.15) is 5.26 Å². The van der Waals surface area contributed by atoms with Crippen LogP contribution in [0.1, 0.15) is 27.0 Å². The Labute approximate surface area is 189 Å². The predicted molar refractivity (Wildman–Crippen MR) is 117 cm³/mol. The standard InChI is InChI=1S/C23H19ClN4O4/c24-19-7-18(8-20(9-19)31-13-16-2-1-5-27-11-16)23(30)28-12-17-4-3-15(10-25)6-21(17)32-14-22(26)29/h1-9,11H,12-14H2,(H2,26,29)(H,28,30). The lowest BCUT2D eigenvalue weighted by Gasteiger charge is -2.13. The number of hydrogen-bond acceptors (Lipinski definition) is 6. The van der Waals surface area contributed by atoms with E-state index in [0.29, 0.717) is 27.5 Å². The summed E-state index contributed by atoms with van der Waals surface area (Å²) in [6.45, 7) is 0.0276. The van der Waals surface area contributed by atoms with Crippen LogP contribution in [-0.2, 0) is 17.9 Å². The fourth-order valence-electron chi connectivity index (χ4n) is 2.76. The molecule has 2 aromatic carbocycles. The molecular weight excluding hydrogens is 432 g/mol. The molecule has 0 unspecified atom stereocenters. The number of benzene rings is 2. The Morgan fingerprint density at radius 1 is 1.16 bits per heavy atom. The molecule has 0 bridgehead atoms. The van der Waals surface area contributed by atoms with Crippen LogP contribution in [0.2, 0.25) is 5.02 Å². The van der Waals surface area contributed by atoms with Crippen LogP contribution in [0.4, 0.5) is 0 Å². The zero-order valence-electron chi connectivity index (χ0n) is 16.9. The Hall–Kier alpha value is -4.09. The minimum Gasteiger partial charge on any atom is -0.489 e. The van der Waals surface area contributed by atoms with Gasteiger partial charge in [0.25, 0.3) is 11.8 Å². The largest absolute Gasteiger partial charge is 0.489 e. The zero-order chi connectivity index (χ0) is 22.9. The normalized spacial score (nSPS) is 10.1. The lowest BCUT2D eigenvalue weighted by atomic mass is 10.1. The lowest BCUT2D eigenvalue weighted by Crippen LogP contribution is -2.24. The van der Waals surface area contributed by atoms with Crippen molar-refractivity contribution in [1.82, 2.24) is 10.3 Å². The second-order valence-corrected chi connectivity index (χ2v) is 7.13. The van der Waals surface area contributed by atoms with Gasteiger partial charge < -0.3 is 20.5 Å². The van der Waals surface area contributed by atoms with Gasteiger partial charge in [0.05, 0.1) is 11.6 Å². The van der Waals surface area contributed by atoms with Crippen LogP contribution in [0.3, 0.4) is 0 Å². The maximum Gasteiger partial charge on any atom is 0.255 e. The van der Waals surface area contributed by atoms with Gasteiger partial charge in [0.2, 0.25) is 0 Å². The summed E-state index contributed by atoms with van der Waals surface area (Å²) in [6, 6.07) is 15.1. The first-order chi connectivity index (χ1) is 15.4. The highest BCUT2D eigenvalue weighted by molar-refractivity contribution is 6.31. The molecule has 0 atom stereocenters. The highest BCUT2D eigenvalue weighted by Gasteiger charge is 2.12. The summed E-state index contributed by atoms with van der Waals surface area (Å²) >= 11 is 6.16. The molecule has 162 valence electrons. The van der Waals surface area contributed by atoms with E-state index in [4.69, 9.17) is 32.1 Å². The summed E-state index contributed by atoms with van der Waals surface area (Å²) in [5, 5.41) is 12.2. The number of nitriles is 1. The third kappa shape index (κ3) is 6.45. The first-order valence-electron chi connectivity index (χ1n) is 9.49. The summed E-state index contributed by atoms with van der Waals surface area (Å²) in [5.74, 6) is -0.311. The maximum atomic E-state index is 12.7.